The molecule has 0 spiro atoms. The van der Waals surface area contributed by atoms with Crippen molar-refractivity contribution in [2.45, 2.75) is 99.3 Å². The van der Waals surface area contributed by atoms with Gasteiger partial charge in [-0.15, -0.1) is 0 Å². The maximum absolute atomic E-state index is 14.4. The Morgan fingerprint density at radius 3 is 2.39 bits per heavy atom. The number of carbonyl (C=O) groups is 2. The van der Waals surface area contributed by atoms with Gasteiger partial charge in [-0.25, -0.2) is 4.85 Å². The molecule has 5 aliphatic rings. The fraction of sp³-hybridized carbons (Fsp3) is 0.781. The van der Waals surface area contributed by atoms with Crippen LogP contribution < -0.4 is 0 Å². The third-order valence-electron chi connectivity index (χ3n) is 12.5. The van der Waals surface area contributed by atoms with E-state index in [1.165, 1.54) is 12.0 Å². The van der Waals surface area contributed by atoms with E-state index < -0.39 is 5.41 Å². The smallest absolute Gasteiger partial charge is 0.226 e. The molecule has 0 aromatic heterocycles. The predicted molar refractivity (Wildman–Crippen MR) is 142 cm³/mol. The third-order valence-corrected chi connectivity index (χ3v) is 12.5. The van der Waals surface area contributed by atoms with Gasteiger partial charge in [-0.1, -0.05) is 53.2 Å². The van der Waals surface area contributed by atoms with Crippen molar-refractivity contribution >= 4 is 11.6 Å². The molecule has 0 amide bonds. The zero-order valence-electron chi connectivity index (χ0n) is 23.2. The minimum absolute atomic E-state index is 0.00498. The molecule has 196 valence electrons. The summed E-state index contributed by atoms with van der Waals surface area (Å²) in [6.07, 6.45) is 13.3. The van der Waals surface area contributed by atoms with Gasteiger partial charge in [0, 0.05) is 23.9 Å². The standard InChI is InChI=1S/C32H45NO3/c1-20-21-9-11-30(5)25(29(21,4)19-23(33-7)27(20)36)17-24(35)26-22-18-28(2,3)12-14-32(22,10-8-16-34)15-13-31(26,30)6/h17,19-22,26,34H,8-16,18H2,1-6H3/t20-,21-,22-,26-,29-,30+,31+,32+/m0/s1. The zero-order valence-corrected chi connectivity index (χ0v) is 23.2. The Balaban J connectivity index is 1.66. The van der Waals surface area contributed by atoms with Crippen molar-refractivity contribution in [1.82, 2.24) is 0 Å². The van der Waals surface area contributed by atoms with Gasteiger partial charge in [0.1, 0.15) is 0 Å². The van der Waals surface area contributed by atoms with E-state index in [1.807, 2.05) is 19.1 Å². The summed E-state index contributed by atoms with van der Waals surface area (Å²) >= 11 is 0. The quantitative estimate of drug-likeness (QED) is 0.435. The average Bonchev–Trinajstić information content (AvgIpc) is 2.82. The number of allylic oxidation sites excluding steroid dienone is 4. The Morgan fingerprint density at radius 2 is 1.72 bits per heavy atom. The van der Waals surface area contributed by atoms with Gasteiger partial charge in [0.05, 0.1) is 6.57 Å². The molecular weight excluding hydrogens is 446 g/mol. The van der Waals surface area contributed by atoms with E-state index >= 15 is 0 Å². The van der Waals surface area contributed by atoms with E-state index in [2.05, 4.69) is 39.5 Å². The lowest BCUT2D eigenvalue weighted by Crippen LogP contribution is -2.64. The van der Waals surface area contributed by atoms with E-state index in [0.29, 0.717) is 5.92 Å². The highest BCUT2D eigenvalue weighted by atomic mass is 16.3. The van der Waals surface area contributed by atoms with E-state index in [-0.39, 0.29) is 63.3 Å². The summed E-state index contributed by atoms with van der Waals surface area (Å²) in [6, 6.07) is 0. The van der Waals surface area contributed by atoms with Gasteiger partial charge in [-0.2, -0.15) is 0 Å². The molecule has 4 nitrogen and oxygen atoms in total. The fourth-order valence-electron chi connectivity index (χ4n) is 10.2. The van der Waals surface area contributed by atoms with Crippen LogP contribution in [0.2, 0.25) is 0 Å². The van der Waals surface area contributed by atoms with E-state index in [0.717, 1.165) is 51.4 Å². The molecule has 0 heterocycles. The number of rotatable bonds is 3. The van der Waals surface area contributed by atoms with Gasteiger partial charge >= 0.3 is 0 Å². The summed E-state index contributed by atoms with van der Waals surface area (Å²) in [7, 11) is 0. The van der Waals surface area contributed by atoms with Gasteiger partial charge in [-0.3, -0.25) is 4.79 Å². The molecule has 0 aromatic rings. The van der Waals surface area contributed by atoms with E-state index in [1.54, 1.807) is 0 Å². The Labute approximate surface area is 217 Å². The van der Waals surface area contributed by atoms with Crippen LogP contribution >= 0.6 is 0 Å². The Hall–Kier alpha value is -1.73. The topological polar surface area (TPSA) is 58.7 Å². The monoisotopic (exact) mass is 491 g/mol. The Bertz CT molecular complexity index is 1090. The van der Waals surface area contributed by atoms with E-state index in [9.17, 15) is 14.7 Å². The van der Waals surface area contributed by atoms with Gasteiger partial charge in [0.25, 0.3) is 0 Å². The molecule has 0 bridgehead atoms. The first kappa shape index (κ1) is 25.9. The largest absolute Gasteiger partial charge is 0.396 e. The molecule has 0 aromatic carbocycles. The lowest BCUT2D eigenvalue weighted by molar-refractivity contribution is -0.171. The van der Waals surface area contributed by atoms with Crippen LogP contribution in [-0.4, -0.2) is 23.3 Å². The number of carbonyl (C=O) groups excluding carboxylic acids is 2. The summed E-state index contributed by atoms with van der Waals surface area (Å²) in [5.74, 6) is 0.560. The molecule has 0 radical (unpaired) electrons. The number of hydrogen-bond donors (Lipinski definition) is 1. The number of aliphatic hydroxyl groups is 1. The maximum atomic E-state index is 14.4. The first-order valence-corrected chi connectivity index (χ1v) is 14.3. The first-order chi connectivity index (χ1) is 16.8. The first-order valence-electron chi connectivity index (χ1n) is 14.3. The highest BCUT2D eigenvalue weighted by Gasteiger charge is 2.68. The van der Waals surface area contributed by atoms with Crippen molar-refractivity contribution in [3.8, 4) is 0 Å². The van der Waals surface area contributed by atoms with Gasteiger partial charge in [0.2, 0.25) is 5.70 Å². The molecule has 0 aliphatic heterocycles. The molecular formula is C32H45NO3. The lowest BCUT2D eigenvalue weighted by Gasteiger charge is -2.69. The average molecular weight is 492 g/mol. The van der Waals surface area contributed by atoms with Gasteiger partial charge in [0.15, 0.2) is 11.6 Å². The van der Waals surface area contributed by atoms with Crippen molar-refractivity contribution in [3.63, 3.8) is 0 Å². The number of Topliss-reactive ketones (excluding diaryl/α,β-unsaturated/α-hetero) is 1. The molecule has 0 saturated heterocycles. The summed E-state index contributed by atoms with van der Waals surface area (Å²) < 4.78 is 0. The molecule has 36 heavy (non-hydrogen) atoms. The number of ketones is 2. The van der Waals surface area contributed by atoms with Crippen LogP contribution in [0.15, 0.2) is 23.4 Å². The summed E-state index contributed by atoms with van der Waals surface area (Å²) in [5, 5.41) is 9.71. The number of aliphatic hydroxyl groups excluding tert-OH is 1. The van der Waals surface area contributed by atoms with Gasteiger partial charge in [-0.05, 0) is 97.4 Å². The van der Waals surface area contributed by atoms with Crippen LogP contribution in [-0.2, 0) is 9.59 Å². The molecule has 3 fully saturated rings. The number of nitrogens with zero attached hydrogens (tertiary/aromatic N) is 1. The second-order valence-corrected chi connectivity index (χ2v) is 14.6. The summed E-state index contributed by atoms with van der Waals surface area (Å²) in [6.45, 7) is 21.6. The number of hydrogen-bond acceptors (Lipinski definition) is 3. The number of fused-ring (bicyclic) bond motifs is 7. The summed E-state index contributed by atoms with van der Waals surface area (Å²) in [4.78, 5) is 30.9. The predicted octanol–water partition coefficient (Wildman–Crippen LogP) is 6.94. The highest BCUT2D eigenvalue weighted by molar-refractivity contribution is 6.01. The molecule has 8 atom stereocenters. The Kier molecular flexibility index (Phi) is 5.85. The molecule has 5 aliphatic carbocycles. The minimum atomic E-state index is -0.429. The van der Waals surface area contributed by atoms with Crippen molar-refractivity contribution < 1.29 is 14.7 Å². The highest BCUT2D eigenvalue weighted by Crippen LogP contribution is 2.74. The molecule has 1 N–H and O–H groups in total. The molecule has 0 unspecified atom stereocenters. The normalized spacial score (nSPS) is 47.4. The van der Waals surface area contributed by atoms with Crippen LogP contribution in [0, 0.1) is 57.3 Å². The lowest BCUT2D eigenvalue weighted by atomic mass is 9.34. The second kappa shape index (κ2) is 8.13. The SMILES string of the molecule is [C-]#[N+]C1=C[C@]2(C)C3=CC(=O)[C@@H]4[C@@H]5CC(C)(C)CC[C@]5(CCCO)CC[C@@]4(C)[C@]3(C)CC[C@H]2[C@H](C)C1=O. The van der Waals surface area contributed by atoms with Crippen LogP contribution in [0.25, 0.3) is 4.85 Å². The maximum Gasteiger partial charge on any atom is 0.226 e. The molecule has 5 rings (SSSR count). The van der Waals surface area contributed by atoms with Gasteiger partial charge < -0.3 is 9.90 Å². The van der Waals surface area contributed by atoms with Crippen LogP contribution in [0.1, 0.15) is 99.3 Å². The Morgan fingerprint density at radius 1 is 1.03 bits per heavy atom. The third kappa shape index (κ3) is 3.27. The molecule has 4 heteroatoms. The van der Waals surface area contributed by atoms with Crippen LogP contribution in [0.3, 0.4) is 0 Å². The van der Waals surface area contributed by atoms with Crippen molar-refractivity contribution in [3.05, 3.63) is 34.8 Å². The van der Waals surface area contributed by atoms with Crippen LogP contribution in [0.5, 0.6) is 0 Å². The minimum Gasteiger partial charge on any atom is -0.396 e. The second-order valence-electron chi connectivity index (χ2n) is 14.6. The molecule has 3 saturated carbocycles. The van der Waals surface area contributed by atoms with Crippen molar-refractivity contribution in [2.75, 3.05) is 6.61 Å². The fourth-order valence-corrected chi connectivity index (χ4v) is 10.2. The summed E-state index contributed by atoms with van der Waals surface area (Å²) in [5.41, 5.74) is 1.13. The van der Waals surface area contributed by atoms with Crippen molar-refractivity contribution in [1.29, 1.82) is 0 Å². The van der Waals surface area contributed by atoms with E-state index in [4.69, 9.17) is 6.57 Å². The van der Waals surface area contributed by atoms with Crippen molar-refractivity contribution in [2.24, 2.45) is 50.7 Å². The zero-order chi connectivity index (χ0) is 26.3. The van der Waals surface area contributed by atoms with Crippen LogP contribution in [0.4, 0.5) is 0 Å².